The Balaban J connectivity index is 1.59. The van der Waals surface area contributed by atoms with Crippen molar-refractivity contribution >= 4 is 15.9 Å². The van der Waals surface area contributed by atoms with Gasteiger partial charge in [-0.05, 0) is 18.9 Å². The lowest BCUT2D eigenvalue weighted by molar-refractivity contribution is 0.0691. The van der Waals surface area contributed by atoms with Crippen LogP contribution in [0.5, 0.6) is 5.75 Å². The number of carbonyl (C=O) groups is 1. The minimum absolute atomic E-state index is 0.122. The average Bonchev–Trinajstić information content (AvgIpc) is 3.10. The van der Waals surface area contributed by atoms with Crippen LogP contribution in [0.25, 0.3) is 11.3 Å². The van der Waals surface area contributed by atoms with Gasteiger partial charge in [-0.3, -0.25) is 9.89 Å². The lowest BCUT2D eigenvalue weighted by atomic mass is 9.88. The molecule has 0 bridgehead atoms. The fourth-order valence-corrected chi connectivity index (χ4v) is 4.70. The minimum Gasteiger partial charge on any atom is -0.496 e. The van der Waals surface area contributed by atoms with Gasteiger partial charge in [0.15, 0.2) is 0 Å². The third kappa shape index (κ3) is 3.10. The molecule has 0 radical (unpaired) electrons. The third-order valence-electron chi connectivity index (χ3n) is 5.31. The molecule has 1 aromatic heterocycles. The summed E-state index contributed by atoms with van der Waals surface area (Å²) in [6.07, 6.45) is 2.69. The Bertz CT molecular complexity index is 991. The summed E-state index contributed by atoms with van der Waals surface area (Å²) < 4.78 is 30.1. The average molecular weight is 390 g/mol. The van der Waals surface area contributed by atoms with Crippen molar-refractivity contribution in [2.75, 3.05) is 39.5 Å². The molecule has 8 nitrogen and oxygen atoms in total. The molecule has 0 atom stereocenters. The molecule has 1 aliphatic heterocycles. The van der Waals surface area contributed by atoms with Crippen LogP contribution in [0.4, 0.5) is 0 Å². The molecule has 4 rings (SSSR count). The van der Waals surface area contributed by atoms with E-state index in [1.807, 2.05) is 18.2 Å². The van der Waals surface area contributed by atoms with Gasteiger partial charge in [0.25, 0.3) is 5.91 Å². The van der Waals surface area contributed by atoms with E-state index in [4.69, 9.17) is 4.74 Å². The molecule has 1 amide bonds. The highest BCUT2D eigenvalue weighted by molar-refractivity contribution is 7.88. The van der Waals surface area contributed by atoms with Gasteiger partial charge in [0.05, 0.1) is 19.1 Å². The highest BCUT2D eigenvalue weighted by Crippen LogP contribution is 2.38. The second-order valence-corrected chi connectivity index (χ2v) is 8.85. The van der Waals surface area contributed by atoms with Gasteiger partial charge in [-0.1, -0.05) is 12.1 Å². The molecule has 27 heavy (non-hydrogen) atoms. The van der Waals surface area contributed by atoms with Crippen LogP contribution in [-0.4, -0.2) is 73.3 Å². The lowest BCUT2D eigenvalue weighted by Gasteiger charge is -2.33. The number of piperazine rings is 1. The largest absolute Gasteiger partial charge is 0.496 e. The van der Waals surface area contributed by atoms with Gasteiger partial charge in [0, 0.05) is 42.9 Å². The molecule has 0 saturated carbocycles. The van der Waals surface area contributed by atoms with Crippen molar-refractivity contribution in [1.29, 1.82) is 0 Å². The van der Waals surface area contributed by atoms with Gasteiger partial charge in [-0.25, -0.2) is 8.42 Å². The predicted molar refractivity (Wildman–Crippen MR) is 100 cm³/mol. The number of hydrogen-bond acceptors (Lipinski definition) is 5. The second kappa shape index (κ2) is 6.65. The number of amides is 1. The molecule has 1 aromatic carbocycles. The van der Waals surface area contributed by atoms with Crippen molar-refractivity contribution in [2.24, 2.45) is 0 Å². The Hall–Kier alpha value is -2.39. The quantitative estimate of drug-likeness (QED) is 0.840. The second-order valence-electron chi connectivity index (χ2n) is 6.87. The van der Waals surface area contributed by atoms with Crippen molar-refractivity contribution in [2.45, 2.75) is 12.8 Å². The molecule has 9 heteroatoms. The van der Waals surface area contributed by atoms with Gasteiger partial charge in [0.1, 0.15) is 11.4 Å². The molecule has 0 spiro atoms. The first-order valence-electron chi connectivity index (χ1n) is 8.88. The first-order valence-corrected chi connectivity index (χ1v) is 10.7. The van der Waals surface area contributed by atoms with Crippen molar-refractivity contribution in [3.63, 3.8) is 0 Å². The first kappa shape index (κ1) is 18.0. The molecular weight excluding hydrogens is 368 g/mol. The van der Waals surface area contributed by atoms with Crippen molar-refractivity contribution < 1.29 is 17.9 Å². The van der Waals surface area contributed by atoms with Gasteiger partial charge in [0.2, 0.25) is 10.0 Å². The number of methoxy groups -OCH3 is 1. The molecule has 2 aliphatic rings. The van der Waals surface area contributed by atoms with Gasteiger partial charge >= 0.3 is 0 Å². The monoisotopic (exact) mass is 390 g/mol. The maximum Gasteiger partial charge on any atom is 0.272 e. The van der Waals surface area contributed by atoms with Crippen LogP contribution >= 0.6 is 0 Å². The van der Waals surface area contributed by atoms with Gasteiger partial charge in [-0.15, -0.1) is 0 Å². The molecular formula is C18H22N4O4S. The summed E-state index contributed by atoms with van der Waals surface area (Å²) >= 11 is 0. The Kier molecular flexibility index (Phi) is 4.43. The van der Waals surface area contributed by atoms with Gasteiger partial charge in [-0.2, -0.15) is 9.40 Å². The van der Waals surface area contributed by atoms with Crippen LogP contribution in [0.3, 0.4) is 0 Å². The molecule has 144 valence electrons. The van der Waals surface area contributed by atoms with Crippen LogP contribution in [-0.2, 0) is 22.9 Å². The summed E-state index contributed by atoms with van der Waals surface area (Å²) in [6, 6.07) is 5.85. The lowest BCUT2D eigenvalue weighted by Crippen LogP contribution is -2.50. The summed E-state index contributed by atoms with van der Waals surface area (Å²) in [5, 5.41) is 7.33. The minimum atomic E-state index is -3.22. The molecule has 1 fully saturated rings. The van der Waals surface area contributed by atoms with Crippen molar-refractivity contribution in [1.82, 2.24) is 19.4 Å². The van der Waals surface area contributed by atoms with E-state index in [1.165, 1.54) is 10.6 Å². The number of rotatable bonds is 3. The Morgan fingerprint density at radius 1 is 1.15 bits per heavy atom. The maximum atomic E-state index is 13.0. The number of hydrogen-bond donors (Lipinski definition) is 1. The maximum absolute atomic E-state index is 13.0. The molecule has 2 aromatic rings. The molecule has 0 unspecified atom stereocenters. The zero-order chi connectivity index (χ0) is 19.2. The van der Waals surface area contributed by atoms with Crippen LogP contribution in [0.15, 0.2) is 18.2 Å². The first-order chi connectivity index (χ1) is 12.9. The number of fused-ring (bicyclic) bond motifs is 3. The smallest absolute Gasteiger partial charge is 0.272 e. The van der Waals surface area contributed by atoms with E-state index < -0.39 is 10.0 Å². The van der Waals surface area contributed by atoms with Crippen molar-refractivity contribution in [3.05, 3.63) is 35.0 Å². The van der Waals surface area contributed by atoms with Crippen LogP contribution < -0.4 is 4.74 Å². The number of nitrogens with one attached hydrogen (secondary N) is 1. The zero-order valence-corrected chi connectivity index (χ0v) is 16.2. The number of aromatic amines is 1. The number of aromatic nitrogens is 2. The van der Waals surface area contributed by atoms with E-state index in [1.54, 1.807) is 12.0 Å². The van der Waals surface area contributed by atoms with Crippen LogP contribution in [0.1, 0.15) is 21.6 Å². The van der Waals surface area contributed by atoms with E-state index in [-0.39, 0.29) is 5.91 Å². The zero-order valence-electron chi connectivity index (χ0n) is 15.4. The van der Waals surface area contributed by atoms with Crippen LogP contribution in [0, 0.1) is 0 Å². The number of benzene rings is 1. The fourth-order valence-electron chi connectivity index (χ4n) is 3.88. The van der Waals surface area contributed by atoms with E-state index in [0.29, 0.717) is 38.3 Å². The predicted octanol–water partition coefficient (Wildman–Crippen LogP) is 0.901. The highest BCUT2D eigenvalue weighted by Gasteiger charge is 2.31. The summed E-state index contributed by atoms with van der Waals surface area (Å²) in [5.74, 6) is 0.717. The summed E-state index contributed by atoms with van der Waals surface area (Å²) in [6.45, 7) is 1.40. The molecule has 2 heterocycles. The SMILES string of the molecule is COc1cccc2c1CCc1c-2n[nH]c1C(=O)N1CCN(S(C)(=O)=O)CC1. The Labute approximate surface area is 158 Å². The van der Waals surface area contributed by atoms with E-state index in [0.717, 1.165) is 34.6 Å². The summed E-state index contributed by atoms with van der Waals surface area (Å²) in [7, 11) is -1.57. The highest BCUT2D eigenvalue weighted by atomic mass is 32.2. The molecule has 1 N–H and O–H groups in total. The normalized spacial score (nSPS) is 17.3. The van der Waals surface area contributed by atoms with E-state index >= 15 is 0 Å². The molecule has 1 aliphatic carbocycles. The van der Waals surface area contributed by atoms with E-state index in [9.17, 15) is 13.2 Å². The number of H-pyrrole nitrogens is 1. The molecule has 1 saturated heterocycles. The number of nitrogens with zero attached hydrogens (tertiary/aromatic N) is 3. The summed E-state index contributed by atoms with van der Waals surface area (Å²) in [5.41, 5.74) is 4.33. The van der Waals surface area contributed by atoms with E-state index in [2.05, 4.69) is 10.2 Å². The summed E-state index contributed by atoms with van der Waals surface area (Å²) in [4.78, 5) is 14.7. The van der Waals surface area contributed by atoms with Crippen LogP contribution in [0.2, 0.25) is 0 Å². The Morgan fingerprint density at radius 3 is 2.52 bits per heavy atom. The number of ether oxygens (including phenoxy) is 1. The van der Waals surface area contributed by atoms with Gasteiger partial charge < -0.3 is 9.64 Å². The Morgan fingerprint density at radius 2 is 1.85 bits per heavy atom. The number of sulfonamides is 1. The topological polar surface area (TPSA) is 95.6 Å². The third-order valence-corrected chi connectivity index (χ3v) is 6.61. The standard InChI is InChI=1S/C18H22N4O4S/c1-26-15-5-3-4-13-12(15)6-7-14-16(13)19-20-17(14)18(23)21-8-10-22(11-9-21)27(2,24)25/h3-5H,6-11H2,1-2H3,(H,19,20). The van der Waals surface area contributed by atoms with Crippen molar-refractivity contribution in [3.8, 4) is 17.0 Å². The fraction of sp³-hybridized carbons (Fsp3) is 0.444. The number of carbonyl (C=O) groups excluding carboxylic acids is 1.